The van der Waals surface area contributed by atoms with E-state index in [-0.39, 0.29) is 30.9 Å². The fourth-order valence-electron chi connectivity index (χ4n) is 2.88. The predicted molar refractivity (Wildman–Crippen MR) is 110 cm³/mol. The number of anilines is 1. The van der Waals surface area contributed by atoms with Crippen LogP contribution >= 0.6 is 11.6 Å². The summed E-state index contributed by atoms with van der Waals surface area (Å²) in [7, 11) is 1.74. The number of nitrogens with one attached hydrogen (secondary N) is 2. The van der Waals surface area contributed by atoms with Crippen molar-refractivity contribution in [3.05, 3.63) is 64.2 Å². The zero-order valence-corrected chi connectivity index (χ0v) is 16.9. The number of halogens is 1. The number of rotatable bonds is 7. The Hall–Kier alpha value is -2.37. The minimum Gasteiger partial charge on any atom is -0.348 e. The van der Waals surface area contributed by atoms with Crippen LogP contribution in [-0.2, 0) is 9.59 Å². The highest BCUT2D eigenvalue weighted by Crippen LogP contribution is 2.19. The minimum absolute atomic E-state index is 0.130. The van der Waals surface area contributed by atoms with Crippen molar-refractivity contribution in [1.82, 2.24) is 10.2 Å². The number of para-hydroxylation sites is 1. The van der Waals surface area contributed by atoms with Gasteiger partial charge >= 0.3 is 0 Å². The molecule has 0 aliphatic heterocycles. The Balaban J connectivity index is 1.84. The highest BCUT2D eigenvalue weighted by molar-refractivity contribution is 6.30. The van der Waals surface area contributed by atoms with Crippen LogP contribution in [0.4, 0.5) is 5.69 Å². The highest BCUT2D eigenvalue weighted by atomic mass is 35.5. The molecule has 0 heterocycles. The number of hydrogen-bond acceptors (Lipinski definition) is 3. The normalized spacial score (nSPS) is 11.9. The Bertz CT molecular complexity index is 803. The fraction of sp³-hybridized carbons (Fsp3) is 0.333. The number of hydrogen-bond donors (Lipinski definition) is 2. The molecule has 0 bridgehead atoms. The van der Waals surface area contributed by atoms with Crippen LogP contribution in [0.2, 0.25) is 5.02 Å². The number of amides is 2. The van der Waals surface area contributed by atoms with Crippen LogP contribution in [0.25, 0.3) is 0 Å². The molecule has 0 spiro atoms. The van der Waals surface area contributed by atoms with E-state index in [1.54, 1.807) is 18.0 Å². The van der Waals surface area contributed by atoms with Gasteiger partial charge in [0.2, 0.25) is 11.8 Å². The third kappa shape index (κ3) is 6.38. The van der Waals surface area contributed by atoms with Crippen molar-refractivity contribution in [3.63, 3.8) is 0 Å². The molecule has 0 fully saturated rings. The molecule has 0 aliphatic rings. The van der Waals surface area contributed by atoms with Crippen LogP contribution in [0.1, 0.15) is 29.7 Å². The summed E-state index contributed by atoms with van der Waals surface area (Å²) in [6.45, 7) is 6.07. The van der Waals surface area contributed by atoms with Crippen LogP contribution in [0, 0.1) is 13.8 Å². The molecule has 2 aromatic carbocycles. The predicted octanol–water partition coefficient (Wildman–Crippen LogP) is 3.70. The maximum Gasteiger partial charge on any atom is 0.238 e. The molecular weight excluding hydrogens is 362 g/mol. The fourth-order valence-corrected chi connectivity index (χ4v) is 3.08. The molecule has 27 heavy (non-hydrogen) atoms. The molecule has 0 aromatic heterocycles. The Morgan fingerprint density at radius 1 is 1.04 bits per heavy atom. The van der Waals surface area contributed by atoms with Crippen molar-refractivity contribution in [2.45, 2.75) is 26.8 Å². The van der Waals surface area contributed by atoms with Crippen molar-refractivity contribution in [3.8, 4) is 0 Å². The topological polar surface area (TPSA) is 61.4 Å². The van der Waals surface area contributed by atoms with Gasteiger partial charge in [-0.3, -0.25) is 14.5 Å². The highest BCUT2D eigenvalue weighted by Gasteiger charge is 2.15. The molecule has 2 N–H and O–H groups in total. The quantitative estimate of drug-likeness (QED) is 0.761. The Morgan fingerprint density at radius 2 is 1.63 bits per heavy atom. The maximum absolute atomic E-state index is 12.3. The molecule has 2 amide bonds. The second-order valence-electron chi connectivity index (χ2n) is 6.83. The van der Waals surface area contributed by atoms with E-state index in [0.29, 0.717) is 5.02 Å². The van der Waals surface area contributed by atoms with Gasteiger partial charge in [0.15, 0.2) is 0 Å². The zero-order chi connectivity index (χ0) is 20.0. The van der Waals surface area contributed by atoms with Crippen molar-refractivity contribution in [2.24, 2.45) is 0 Å². The van der Waals surface area contributed by atoms with Crippen LogP contribution in [0.5, 0.6) is 0 Å². The van der Waals surface area contributed by atoms with Gasteiger partial charge in [-0.1, -0.05) is 41.9 Å². The molecule has 6 heteroatoms. The number of likely N-dealkylation sites (N-methyl/N-ethyl adjacent to an activating group) is 1. The van der Waals surface area contributed by atoms with Gasteiger partial charge in [0.1, 0.15) is 0 Å². The van der Waals surface area contributed by atoms with E-state index in [1.165, 1.54) is 0 Å². The lowest BCUT2D eigenvalue weighted by Crippen LogP contribution is -2.39. The van der Waals surface area contributed by atoms with Gasteiger partial charge in [0.25, 0.3) is 0 Å². The van der Waals surface area contributed by atoms with Crippen molar-refractivity contribution >= 4 is 29.1 Å². The Kier molecular flexibility index (Phi) is 7.39. The molecule has 0 unspecified atom stereocenters. The molecule has 0 saturated carbocycles. The lowest BCUT2D eigenvalue weighted by atomic mass is 10.1. The lowest BCUT2D eigenvalue weighted by Gasteiger charge is -2.19. The summed E-state index contributed by atoms with van der Waals surface area (Å²) in [6.07, 6.45) is 0. The van der Waals surface area contributed by atoms with E-state index in [0.717, 1.165) is 22.4 Å². The number of benzene rings is 2. The third-order valence-corrected chi connectivity index (χ3v) is 4.53. The van der Waals surface area contributed by atoms with Gasteiger partial charge in [-0.15, -0.1) is 0 Å². The first-order valence-electron chi connectivity index (χ1n) is 8.85. The van der Waals surface area contributed by atoms with Gasteiger partial charge in [-0.05, 0) is 56.6 Å². The third-order valence-electron chi connectivity index (χ3n) is 4.30. The number of carbonyl (C=O) groups excluding carboxylic acids is 2. The minimum atomic E-state index is -0.159. The molecule has 1 atom stereocenters. The second-order valence-corrected chi connectivity index (χ2v) is 7.27. The monoisotopic (exact) mass is 387 g/mol. The van der Waals surface area contributed by atoms with E-state index in [9.17, 15) is 9.59 Å². The maximum atomic E-state index is 12.3. The summed E-state index contributed by atoms with van der Waals surface area (Å²) in [5.74, 6) is -0.296. The van der Waals surface area contributed by atoms with Gasteiger partial charge in [-0.25, -0.2) is 0 Å². The number of carbonyl (C=O) groups is 2. The zero-order valence-electron chi connectivity index (χ0n) is 16.2. The molecule has 0 aliphatic carbocycles. The summed E-state index contributed by atoms with van der Waals surface area (Å²) >= 11 is 5.99. The van der Waals surface area contributed by atoms with Crippen molar-refractivity contribution in [2.75, 3.05) is 25.5 Å². The van der Waals surface area contributed by atoms with E-state index in [4.69, 9.17) is 11.6 Å². The first-order valence-corrected chi connectivity index (χ1v) is 9.23. The largest absolute Gasteiger partial charge is 0.348 e. The van der Waals surface area contributed by atoms with Gasteiger partial charge in [-0.2, -0.15) is 0 Å². The van der Waals surface area contributed by atoms with Crippen molar-refractivity contribution < 1.29 is 9.59 Å². The average molecular weight is 388 g/mol. The molecule has 2 aromatic rings. The Morgan fingerprint density at radius 3 is 2.26 bits per heavy atom. The molecule has 0 saturated heterocycles. The molecule has 2 rings (SSSR count). The first-order chi connectivity index (χ1) is 12.8. The molecule has 0 radical (unpaired) electrons. The van der Waals surface area contributed by atoms with E-state index in [1.807, 2.05) is 57.2 Å². The Labute approximate surface area is 165 Å². The summed E-state index contributed by atoms with van der Waals surface area (Å²) in [6, 6.07) is 13.1. The van der Waals surface area contributed by atoms with Crippen LogP contribution in [-0.4, -0.2) is 36.9 Å². The second kappa shape index (κ2) is 9.53. The number of aryl methyl sites for hydroxylation is 2. The summed E-state index contributed by atoms with van der Waals surface area (Å²) in [5, 5.41) is 6.49. The SMILES string of the molecule is Cc1cccc(C)c1NC(=O)CN(C)CC(=O)N[C@H](C)c1cccc(Cl)c1. The first kappa shape index (κ1) is 20.9. The van der Waals surface area contributed by atoms with Gasteiger partial charge in [0, 0.05) is 10.7 Å². The van der Waals surface area contributed by atoms with Crippen LogP contribution in [0.15, 0.2) is 42.5 Å². The smallest absolute Gasteiger partial charge is 0.238 e. The summed E-state index contributed by atoms with van der Waals surface area (Å²) < 4.78 is 0. The van der Waals surface area contributed by atoms with Crippen LogP contribution < -0.4 is 10.6 Å². The standard InChI is InChI=1S/C21H26ClN3O2/c1-14-7-5-8-15(2)21(14)24-20(27)13-25(4)12-19(26)23-16(3)17-9-6-10-18(22)11-17/h5-11,16H,12-13H2,1-4H3,(H,23,26)(H,24,27)/t16-/m1/s1. The van der Waals surface area contributed by atoms with Gasteiger partial charge < -0.3 is 10.6 Å². The van der Waals surface area contributed by atoms with E-state index < -0.39 is 0 Å². The lowest BCUT2D eigenvalue weighted by molar-refractivity contribution is -0.123. The van der Waals surface area contributed by atoms with Gasteiger partial charge in [0.05, 0.1) is 19.1 Å². The van der Waals surface area contributed by atoms with Crippen molar-refractivity contribution in [1.29, 1.82) is 0 Å². The van der Waals surface area contributed by atoms with E-state index in [2.05, 4.69) is 10.6 Å². The molecule has 5 nitrogen and oxygen atoms in total. The summed E-state index contributed by atoms with van der Waals surface area (Å²) in [4.78, 5) is 26.2. The summed E-state index contributed by atoms with van der Waals surface area (Å²) in [5.41, 5.74) is 3.79. The molecular formula is C21H26ClN3O2. The van der Waals surface area contributed by atoms with Crippen LogP contribution in [0.3, 0.4) is 0 Å². The molecule has 144 valence electrons. The number of nitrogens with zero attached hydrogens (tertiary/aromatic N) is 1. The van der Waals surface area contributed by atoms with E-state index >= 15 is 0 Å². The average Bonchev–Trinajstić information content (AvgIpc) is 2.58.